The summed E-state index contributed by atoms with van der Waals surface area (Å²) in [6.45, 7) is 1.64. The number of aromatic nitrogens is 2. The second-order valence-electron chi connectivity index (χ2n) is 5.00. The average Bonchev–Trinajstić information content (AvgIpc) is 2.92. The summed E-state index contributed by atoms with van der Waals surface area (Å²) in [7, 11) is 0. The predicted octanol–water partition coefficient (Wildman–Crippen LogP) is 2.88. The summed E-state index contributed by atoms with van der Waals surface area (Å²) < 4.78 is 41.7. The Balaban J connectivity index is 1.83. The normalized spacial score (nSPS) is 15.0. The lowest BCUT2D eigenvalue weighted by Crippen LogP contribution is -2.24. The SMILES string of the molecule is FC(F)(F)CCc1noc(-c2cccc3c2CCNC3)n1. The highest BCUT2D eigenvalue weighted by atomic mass is 19.4. The van der Waals surface area contributed by atoms with Gasteiger partial charge < -0.3 is 9.84 Å². The number of hydrogen-bond donors (Lipinski definition) is 1. The average molecular weight is 297 g/mol. The summed E-state index contributed by atoms with van der Waals surface area (Å²) in [4.78, 5) is 4.09. The van der Waals surface area contributed by atoms with E-state index >= 15 is 0 Å². The molecule has 0 aliphatic carbocycles. The van der Waals surface area contributed by atoms with Gasteiger partial charge in [-0.1, -0.05) is 17.3 Å². The maximum absolute atomic E-state index is 12.2. The molecule has 0 radical (unpaired) electrons. The number of fused-ring (bicyclic) bond motifs is 1. The highest BCUT2D eigenvalue weighted by molar-refractivity contribution is 5.61. The van der Waals surface area contributed by atoms with Crippen LogP contribution in [-0.2, 0) is 19.4 Å². The summed E-state index contributed by atoms with van der Waals surface area (Å²) in [6, 6.07) is 5.78. The van der Waals surface area contributed by atoms with Crippen molar-refractivity contribution in [1.82, 2.24) is 15.5 Å². The van der Waals surface area contributed by atoms with Gasteiger partial charge in [0.05, 0.1) is 6.42 Å². The Bertz CT molecular complexity index is 637. The van der Waals surface area contributed by atoms with Gasteiger partial charge >= 0.3 is 6.18 Å². The van der Waals surface area contributed by atoms with E-state index in [4.69, 9.17) is 4.52 Å². The van der Waals surface area contributed by atoms with Gasteiger partial charge in [-0.05, 0) is 30.2 Å². The molecule has 21 heavy (non-hydrogen) atoms. The van der Waals surface area contributed by atoms with Gasteiger partial charge in [-0.25, -0.2) is 0 Å². The second-order valence-corrected chi connectivity index (χ2v) is 5.00. The Morgan fingerprint density at radius 2 is 2.14 bits per heavy atom. The Morgan fingerprint density at radius 3 is 2.95 bits per heavy atom. The van der Waals surface area contributed by atoms with Gasteiger partial charge in [0.2, 0.25) is 0 Å². The van der Waals surface area contributed by atoms with E-state index in [1.54, 1.807) is 0 Å². The van der Waals surface area contributed by atoms with Crippen LogP contribution in [0.5, 0.6) is 0 Å². The van der Waals surface area contributed by atoms with Crippen LogP contribution in [-0.4, -0.2) is 22.9 Å². The number of nitrogens with zero attached hydrogens (tertiary/aromatic N) is 2. The van der Waals surface area contributed by atoms with Crippen LogP contribution in [0.4, 0.5) is 13.2 Å². The molecule has 0 spiro atoms. The number of hydrogen-bond acceptors (Lipinski definition) is 4. The smallest absolute Gasteiger partial charge is 0.334 e. The molecule has 0 fully saturated rings. The van der Waals surface area contributed by atoms with Gasteiger partial charge in [0.15, 0.2) is 5.82 Å². The van der Waals surface area contributed by atoms with Crippen LogP contribution in [0.3, 0.4) is 0 Å². The molecule has 1 aliphatic heterocycles. The van der Waals surface area contributed by atoms with Crippen molar-refractivity contribution in [1.29, 1.82) is 0 Å². The molecule has 0 amide bonds. The number of aryl methyl sites for hydroxylation is 1. The van der Waals surface area contributed by atoms with Crippen molar-refractivity contribution >= 4 is 0 Å². The maximum Gasteiger partial charge on any atom is 0.389 e. The third-order valence-electron chi connectivity index (χ3n) is 3.47. The van der Waals surface area contributed by atoms with Crippen molar-refractivity contribution in [3.63, 3.8) is 0 Å². The molecule has 0 bridgehead atoms. The van der Waals surface area contributed by atoms with Crippen LogP contribution in [0.15, 0.2) is 22.7 Å². The van der Waals surface area contributed by atoms with Crippen LogP contribution in [0.1, 0.15) is 23.4 Å². The van der Waals surface area contributed by atoms with Crippen molar-refractivity contribution in [2.24, 2.45) is 0 Å². The zero-order valence-electron chi connectivity index (χ0n) is 11.2. The van der Waals surface area contributed by atoms with Gasteiger partial charge in [-0.15, -0.1) is 0 Å². The number of nitrogens with one attached hydrogen (secondary N) is 1. The first-order chi connectivity index (χ1) is 10.0. The minimum Gasteiger partial charge on any atom is -0.334 e. The predicted molar refractivity (Wildman–Crippen MR) is 69.5 cm³/mol. The quantitative estimate of drug-likeness (QED) is 0.946. The molecule has 2 heterocycles. The molecule has 1 aromatic heterocycles. The largest absolute Gasteiger partial charge is 0.389 e. The van der Waals surface area contributed by atoms with Gasteiger partial charge in [0.1, 0.15) is 0 Å². The minimum atomic E-state index is -4.21. The van der Waals surface area contributed by atoms with Gasteiger partial charge in [0, 0.05) is 18.5 Å². The molecule has 1 aromatic carbocycles. The van der Waals surface area contributed by atoms with Crippen molar-refractivity contribution in [2.45, 2.75) is 32.0 Å². The van der Waals surface area contributed by atoms with E-state index in [1.807, 2.05) is 18.2 Å². The molecule has 7 heteroatoms. The lowest BCUT2D eigenvalue weighted by molar-refractivity contribution is -0.134. The highest BCUT2D eigenvalue weighted by Gasteiger charge is 2.28. The first-order valence-electron chi connectivity index (χ1n) is 6.74. The Kier molecular flexibility index (Phi) is 3.67. The maximum atomic E-state index is 12.2. The van der Waals surface area contributed by atoms with E-state index in [0.717, 1.165) is 36.2 Å². The summed E-state index contributed by atoms with van der Waals surface area (Å²) >= 11 is 0. The molecule has 0 saturated heterocycles. The first-order valence-corrected chi connectivity index (χ1v) is 6.74. The van der Waals surface area contributed by atoms with E-state index in [0.29, 0.717) is 5.89 Å². The van der Waals surface area contributed by atoms with Crippen LogP contribution in [0.25, 0.3) is 11.5 Å². The van der Waals surface area contributed by atoms with Crippen molar-refractivity contribution < 1.29 is 17.7 Å². The third kappa shape index (κ3) is 3.24. The summed E-state index contributed by atoms with van der Waals surface area (Å²) in [5.74, 6) is 0.389. The molecule has 4 nitrogen and oxygen atoms in total. The summed E-state index contributed by atoms with van der Waals surface area (Å²) in [6.07, 6.45) is -4.57. The van der Waals surface area contributed by atoms with Gasteiger partial charge in [0.25, 0.3) is 5.89 Å². The molecule has 1 N–H and O–H groups in total. The van der Waals surface area contributed by atoms with E-state index in [1.165, 1.54) is 0 Å². The summed E-state index contributed by atoms with van der Waals surface area (Å²) in [5, 5.41) is 6.91. The minimum absolute atomic E-state index is 0.0915. The van der Waals surface area contributed by atoms with E-state index in [9.17, 15) is 13.2 Å². The molecular weight excluding hydrogens is 283 g/mol. The molecule has 2 aromatic rings. The number of alkyl halides is 3. The molecular formula is C14H14F3N3O. The van der Waals surface area contributed by atoms with Crippen LogP contribution < -0.4 is 5.32 Å². The van der Waals surface area contributed by atoms with Crippen LogP contribution in [0.2, 0.25) is 0 Å². The fourth-order valence-electron chi connectivity index (χ4n) is 2.45. The third-order valence-corrected chi connectivity index (χ3v) is 3.47. The van der Waals surface area contributed by atoms with Crippen molar-refractivity contribution in [3.05, 3.63) is 35.2 Å². The van der Waals surface area contributed by atoms with Crippen LogP contribution >= 0.6 is 0 Å². The highest BCUT2D eigenvalue weighted by Crippen LogP contribution is 2.28. The lowest BCUT2D eigenvalue weighted by Gasteiger charge is -2.18. The number of rotatable bonds is 3. The van der Waals surface area contributed by atoms with E-state index in [-0.39, 0.29) is 12.2 Å². The zero-order valence-corrected chi connectivity index (χ0v) is 11.2. The first kappa shape index (κ1) is 14.1. The van der Waals surface area contributed by atoms with E-state index in [2.05, 4.69) is 15.5 Å². The molecule has 112 valence electrons. The Hall–Kier alpha value is -1.89. The number of benzene rings is 1. The van der Waals surface area contributed by atoms with Gasteiger partial charge in [-0.3, -0.25) is 0 Å². The van der Waals surface area contributed by atoms with Crippen molar-refractivity contribution in [3.8, 4) is 11.5 Å². The molecule has 0 atom stereocenters. The molecule has 1 aliphatic rings. The number of halogens is 3. The second kappa shape index (κ2) is 5.48. The zero-order chi connectivity index (χ0) is 14.9. The Labute approximate surface area is 119 Å². The Morgan fingerprint density at radius 1 is 1.29 bits per heavy atom. The topological polar surface area (TPSA) is 51.0 Å². The van der Waals surface area contributed by atoms with Gasteiger partial charge in [-0.2, -0.15) is 18.2 Å². The van der Waals surface area contributed by atoms with Crippen molar-refractivity contribution in [2.75, 3.05) is 6.54 Å². The molecule has 0 saturated carbocycles. The monoisotopic (exact) mass is 297 g/mol. The summed E-state index contributed by atoms with van der Waals surface area (Å²) in [5.41, 5.74) is 3.11. The molecule has 3 rings (SSSR count). The lowest BCUT2D eigenvalue weighted by atomic mass is 9.95. The van der Waals surface area contributed by atoms with Crippen LogP contribution in [0, 0.1) is 0 Å². The van der Waals surface area contributed by atoms with E-state index < -0.39 is 12.6 Å². The fourth-order valence-corrected chi connectivity index (χ4v) is 2.45. The standard InChI is InChI=1S/C14H14F3N3O/c15-14(16,17)6-4-12-19-13(21-20-12)11-3-1-2-9-8-18-7-5-10(9)11/h1-3,18H,4-8H2. The molecule has 0 unspecified atom stereocenters. The fraction of sp³-hybridized carbons (Fsp3) is 0.429.